The zero-order valence-corrected chi connectivity index (χ0v) is 9.82. The van der Waals surface area contributed by atoms with Gasteiger partial charge in [0.25, 0.3) is 0 Å². The standard InChI is InChI=1S/2CH4N2S2.Pd/c2*2-3-1(4)5;/h2*2H2,(H2,3,4,5);/p-4. The SMILES string of the molecule is NN=C([S-])[S-].NN=C([S-])[S-].[Pd]. The molecule has 4 N–H and O–H groups in total. The fourth-order valence-corrected chi connectivity index (χ4v) is 0. The minimum absolute atomic E-state index is 0. The van der Waals surface area contributed by atoms with E-state index in [1.54, 1.807) is 0 Å². The Kier molecular flexibility index (Phi) is 20.9. The third-order valence-electron chi connectivity index (χ3n) is 0.211. The van der Waals surface area contributed by atoms with E-state index in [2.05, 4.69) is 72.4 Å². The molecule has 0 radical (unpaired) electrons. The van der Waals surface area contributed by atoms with Crippen LogP contribution >= 0.6 is 0 Å². The minimum Gasteiger partial charge on any atom is -0.787 e. The summed E-state index contributed by atoms with van der Waals surface area (Å²) < 4.78 is 0.148. The Morgan fingerprint density at radius 3 is 0.909 bits per heavy atom. The first kappa shape index (κ1) is 17.5. The van der Waals surface area contributed by atoms with Crippen molar-refractivity contribution in [3.63, 3.8) is 0 Å². The number of rotatable bonds is 0. The van der Waals surface area contributed by atoms with Gasteiger partial charge in [-0.15, -0.1) is 0 Å². The number of nitrogens with zero attached hydrogens (tertiary/aromatic N) is 2. The fourth-order valence-electron chi connectivity index (χ4n) is 0. The summed E-state index contributed by atoms with van der Waals surface area (Å²) in [6.45, 7) is 0. The molecule has 0 aromatic rings. The smallest absolute Gasteiger partial charge is 0 e. The van der Waals surface area contributed by atoms with Crippen molar-refractivity contribution in [3.8, 4) is 0 Å². The molecule has 0 heterocycles. The van der Waals surface area contributed by atoms with Crippen molar-refractivity contribution in [1.29, 1.82) is 0 Å². The molecule has 0 atom stereocenters. The third-order valence-corrected chi connectivity index (χ3v) is 0.632. The molecule has 0 rings (SSSR count). The predicted octanol–water partition coefficient (Wildman–Crippen LogP) is -1.38. The number of nitrogens with two attached hydrogens (primary N) is 2. The van der Waals surface area contributed by atoms with Crippen LogP contribution in [-0.4, -0.2) is 8.75 Å². The quantitative estimate of drug-likeness (QED) is 0.143. The number of hydrogen-bond acceptors (Lipinski definition) is 8. The second-order valence-corrected chi connectivity index (χ2v) is 2.85. The van der Waals surface area contributed by atoms with Crippen LogP contribution in [0.15, 0.2) is 10.2 Å². The van der Waals surface area contributed by atoms with Crippen LogP contribution in [0.3, 0.4) is 0 Å². The molecule has 0 aliphatic heterocycles. The van der Waals surface area contributed by atoms with Crippen LogP contribution in [-0.2, 0) is 70.9 Å². The predicted molar refractivity (Wildman–Crippen MR) is 52.7 cm³/mol. The van der Waals surface area contributed by atoms with Crippen molar-refractivity contribution >= 4 is 59.3 Å². The van der Waals surface area contributed by atoms with Crippen LogP contribution in [0.1, 0.15) is 0 Å². The fraction of sp³-hybridized carbons (Fsp3) is 0. The zero-order valence-electron chi connectivity index (χ0n) is 5.00. The maximum Gasteiger partial charge on any atom is 0 e. The van der Waals surface area contributed by atoms with Crippen LogP contribution in [0.5, 0.6) is 0 Å². The first-order chi connectivity index (χ1) is 4.54. The van der Waals surface area contributed by atoms with Crippen molar-refractivity contribution in [2.45, 2.75) is 0 Å². The van der Waals surface area contributed by atoms with Gasteiger partial charge in [0.2, 0.25) is 0 Å². The summed E-state index contributed by atoms with van der Waals surface area (Å²) >= 11 is 16.9. The molecule has 4 nitrogen and oxygen atoms in total. The van der Waals surface area contributed by atoms with E-state index in [1.165, 1.54) is 0 Å². The van der Waals surface area contributed by atoms with Crippen molar-refractivity contribution < 1.29 is 20.4 Å². The van der Waals surface area contributed by atoms with Gasteiger partial charge in [-0.05, 0) is 0 Å². The van der Waals surface area contributed by atoms with Gasteiger partial charge in [-0.3, -0.25) is 0 Å². The largest absolute Gasteiger partial charge is 0.787 e. The van der Waals surface area contributed by atoms with E-state index < -0.39 is 0 Å². The number of hydrazone groups is 2. The first-order valence-electron chi connectivity index (χ1n) is 1.78. The summed E-state index contributed by atoms with van der Waals surface area (Å²) in [4.78, 5) is 0. The molecule has 9 heteroatoms. The van der Waals surface area contributed by atoms with E-state index in [4.69, 9.17) is 0 Å². The van der Waals surface area contributed by atoms with Gasteiger partial charge in [-0.1, -0.05) is 0 Å². The second kappa shape index (κ2) is 13.1. The summed E-state index contributed by atoms with van der Waals surface area (Å²) in [5, 5.41) is 5.87. The second-order valence-electron chi connectivity index (χ2n) is 0.790. The Balaban J connectivity index is -0.000000107. The summed E-state index contributed by atoms with van der Waals surface area (Å²) in [5.74, 6) is 9.10. The van der Waals surface area contributed by atoms with Crippen LogP contribution in [0.4, 0.5) is 0 Å². The van der Waals surface area contributed by atoms with Crippen LogP contribution in [0, 0.1) is 0 Å². The monoisotopic (exact) mass is 318 g/mol. The molecule has 70 valence electrons. The van der Waals surface area contributed by atoms with Crippen LogP contribution in [0.2, 0.25) is 0 Å². The molecule has 0 fully saturated rings. The van der Waals surface area contributed by atoms with Crippen molar-refractivity contribution in [2.24, 2.45) is 21.9 Å². The Bertz CT molecular complexity index is 112. The Labute approximate surface area is 101 Å². The maximum absolute atomic E-state index is 4.55. The average molecular weight is 319 g/mol. The zero-order chi connectivity index (χ0) is 8.57. The Hall–Kier alpha value is 0.482. The van der Waals surface area contributed by atoms with E-state index in [9.17, 15) is 0 Å². The van der Waals surface area contributed by atoms with Gasteiger partial charge in [0.1, 0.15) is 0 Å². The molecule has 0 amide bonds. The Morgan fingerprint density at radius 1 is 0.818 bits per heavy atom. The molecule has 0 unspecified atom stereocenters. The maximum atomic E-state index is 4.55. The molecule has 0 spiro atoms. The minimum atomic E-state index is 0. The van der Waals surface area contributed by atoms with Gasteiger partial charge >= 0.3 is 0 Å². The van der Waals surface area contributed by atoms with E-state index >= 15 is 0 Å². The molecule has 0 bridgehead atoms. The molecule has 11 heavy (non-hydrogen) atoms. The summed E-state index contributed by atoms with van der Waals surface area (Å²) in [6.07, 6.45) is 0. The van der Waals surface area contributed by atoms with Gasteiger partial charge in [0.05, 0.1) is 0 Å². The van der Waals surface area contributed by atoms with Gasteiger partial charge in [0.15, 0.2) is 0 Å². The van der Waals surface area contributed by atoms with Crippen molar-refractivity contribution in [1.82, 2.24) is 0 Å². The van der Waals surface area contributed by atoms with Gasteiger partial charge in [-0.2, -0.15) is 0 Å². The average Bonchev–Trinajstić information content (AvgIpc) is 1.89. The van der Waals surface area contributed by atoms with E-state index in [0.29, 0.717) is 0 Å². The molecule has 0 aliphatic carbocycles. The topological polar surface area (TPSA) is 76.8 Å². The van der Waals surface area contributed by atoms with Gasteiger partial charge < -0.3 is 62.2 Å². The molecule has 0 aromatic heterocycles. The summed E-state index contributed by atoms with van der Waals surface area (Å²) in [7, 11) is 0. The number of hydrogen-bond donors (Lipinski definition) is 2. The van der Waals surface area contributed by atoms with Crippen LogP contribution < -0.4 is 11.7 Å². The Morgan fingerprint density at radius 2 is 0.909 bits per heavy atom. The van der Waals surface area contributed by atoms with E-state index in [1.807, 2.05) is 0 Å². The van der Waals surface area contributed by atoms with Crippen LogP contribution in [0.25, 0.3) is 0 Å². The van der Waals surface area contributed by atoms with E-state index in [-0.39, 0.29) is 29.2 Å². The van der Waals surface area contributed by atoms with Gasteiger partial charge in [-0.25, -0.2) is 19.0 Å². The van der Waals surface area contributed by atoms with E-state index in [0.717, 1.165) is 0 Å². The molecular formula is C2H4N4PdS4-4. The van der Waals surface area contributed by atoms with Crippen molar-refractivity contribution in [2.75, 3.05) is 0 Å². The normalized spacial score (nSPS) is 5.82. The van der Waals surface area contributed by atoms with Crippen molar-refractivity contribution in [3.05, 3.63) is 0 Å². The molecule has 0 aliphatic rings. The molecule has 0 saturated carbocycles. The molecular weight excluding hydrogens is 315 g/mol. The molecule has 0 aromatic carbocycles. The third kappa shape index (κ3) is 37.5. The molecule has 0 saturated heterocycles. The van der Waals surface area contributed by atoms with Gasteiger partial charge in [0, 0.05) is 20.4 Å². The first-order valence-corrected chi connectivity index (χ1v) is 3.41. The summed E-state index contributed by atoms with van der Waals surface area (Å²) in [6, 6.07) is 0. The summed E-state index contributed by atoms with van der Waals surface area (Å²) in [5.41, 5.74) is 0.